The fraction of sp³-hybridized carbons (Fsp3) is 0.923. The summed E-state index contributed by atoms with van der Waals surface area (Å²) in [7, 11) is 0. The second kappa shape index (κ2) is 6.26. The number of rotatable bonds is 8. The summed E-state index contributed by atoms with van der Waals surface area (Å²) in [6.07, 6.45) is 5.57. The molecule has 0 aromatic rings. The molecule has 0 amide bonds. The van der Waals surface area contributed by atoms with E-state index in [1.165, 1.54) is 19.3 Å². The Hall–Kier alpha value is -0.370. The summed E-state index contributed by atoms with van der Waals surface area (Å²) in [5.74, 6) is 1.17. The first-order chi connectivity index (χ1) is 7.13. The van der Waals surface area contributed by atoms with Crippen LogP contribution in [0.2, 0.25) is 0 Å². The van der Waals surface area contributed by atoms with Crippen LogP contribution in [0.3, 0.4) is 0 Å². The molecule has 0 aromatic carbocycles. The predicted molar refractivity (Wildman–Crippen MR) is 64.0 cm³/mol. The average Bonchev–Trinajstić information content (AvgIpc) is 2.95. The van der Waals surface area contributed by atoms with Crippen molar-refractivity contribution in [3.05, 3.63) is 0 Å². The van der Waals surface area contributed by atoms with Gasteiger partial charge in [0.1, 0.15) is 5.78 Å². The van der Waals surface area contributed by atoms with Crippen molar-refractivity contribution in [1.82, 2.24) is 4.90 Å². The number of nitrogens with zero attached hydrogens (tertiary/aromatic N) is 1. The Morgan fingerprint density at radius 1 is 1.40 bits per heavy atom. The van der Waals surface area contributed by atoms with Crippen LogP contribution >= 0.6 is 0 Å². The minimum Gasteiger partial charge on any atom is -0.298 e. The predicted octanol–water partition coefficient (Wildman–Crippen LogP) is 2.87. The molecule has 0 N–H and O–H groups in total. The molecule has 0 atom stereocenters. The number of hydrogen-bond donors (Lipinski definition) is 0. The van der Waals surface area contributed by atoms with Gasteiger partial charge in [-0.2, -0.15) is 0 Å². The molecule has 1 aliphatic carbocycles. The number of Topliss-reactive ketones (excluding diaryl/α,β-unsaturated/α-hetero) is 1. The maximum absolute atomic E-state index is 11.6. The summed E-state index contributed by atoms with van der Waals surface area (Å²) in [5.41, 5.74) is 0. The van der Waals surface area contributed by atoms with Gasteiger partial charge in [0, 0.05) is 12.5 Å². The van der Waals surface area contributed by atoms with E-state index < -0.39 is 0 Å². The molecule has 0 spiro atoms. The van der Waals surface area contributed by atoms with Crippen molar-refractivity contribution in [1.29, 1.82) is 0 Å². The Balaban J connectivity index is 2.27. The smallest absolute Gasteiger partial charge is 0.146 e. The zero-order chi connectivity index (χ0) is 11.3. The van der Waals surface area contributed by atoms with Crippen LogP contribution in [-0.4, -0.2) is 29.8 Å². The molecule has 1 saturated carbocycles. The van der Waals surface area contributed by atoms with E-state index in [-0.39, 0.29) is 0 Å². The molecule has 88 valence electrons. The molecule has 0 heterocycles. The van der Waals surface area contributed by atoms with E-state index in [0.717, 1.165) is 31.3 Å². The number of carbonyl (C=O) groups excluding carboxylic acids is 1. The summed E-state index contributed by atoms with van der Waals surface area (Å²) in [6, 6.07) is 0.726. The lowest BCUT2D eigenvalue weighted by atomic mass is 10.1. The Morgan fingerprint density at radius 3 is 2.53 bits per heavy atom. The minimum atomic E-state index is 0.424. The standard InChI is InChI=1S/C13H25NO/c1-4-5-13(15)10-14(12-6-7-12)9-8-11(2)3/h11-12H,4-10H2,1-3H3. The highest BCUT2D eigenvalue weighted by Crippen LogP contribution is 2.27. The largest absolute Gasteiger partial charge is 0.298 e. The van der Waals surface area contributed by atoms with Gasteiger partial charge in [-0.25, -0.2) is 0 Å². The maximum Gasteiger partial charge on any atom is 0.146 e. The number of hydrogen-bond acceptors (Lipinski definition) is 2. The van der Waals surface area contributed by atoms with Crippen molar-refractivity contribution < 1.29 is 4.79 Å². The third kappa shape index (κ3) is 5.31. The van der Waals surface area contributed by atoms with Crippen LogP contribution in [0.1, 0.15) is 52.9 Å². The van der Waals surface area contributed by atoms with E-state index >= 15 is 0 Å². The first kappa shape index (κ1) is 12.7. The Bertz CT molecular complexity index is 197. The second-order valence-electron chi connectivity index (χ2n) is 5.17. The molecule has 1 aliphatic rings. The Morgan fingerprint density at radius 2 is 2.07 bits per heavy atom. The summed E-state index contributed by atoms with van der Waals surface area (Å²) in [6.45, 7) is 8.38. The van der Waals surface area contributed by atoms with Crippen molar-refractivity contribution in [3.63, 3.8) is 0 Å². The van der Waals surface area contributed by atoms with E-state index in [1.807, 2.05) is 0 Å². The highest BCUT2D eigenvalue weighted by Gasteiger charge is 2.29. The van der Waals surface area contributed by atoms with Crippen molar-refractivity contribution >= 4 is 5.78 Å². The van der Waals surface area contributed by atoms with Gasteiger partial charge < -0.3 is 0 Å². The van der Waals surface area contributed by atoms with Crippen molar-refractivity contribution in [3.8, 4) is 0 Å². The van der Waals surface area contributed by atoms with E-state index in [4.69, 9.17) is 0 Å². The van der Waals surface area contributed by atoms with Gasteiger partial charge in [-0.1, -0.05) is 20.8 Å². The molecule has 0 saturated heterocycles. The zero-order valence-electron chi connectivity index (χ0n) is 10.5. The molecule has 0 radical (unpaired) electrons. The molecule has 0 unspecified atom stereocenters. The number of carbonyl (C=O) groups is 1. The molecular weight excluding hydrogens is 186 g/mol. The van der Waals surface area contributed by atoms with Gasteiger partial charge in [0.15, 0.2) is 0 Å². The van der Waals surface area contributed by atoms with Gasteiger partial charge in [0.05, 0.1) is 6.54 Å². The lowest BCUT2D eigenvalue weighted by molar-refractivity contribution is -0.120. The van der Waals surface area contributed by atoms with E-state index in [0.29, 0.717) is 12.3 Å². The van der Waals surface area contributed by atoms with E-state index in [9.17, 15) is 4.79 Å². The molecule has 15 heavy (non-hydrogen) atoms. The lowest BCUT2D eigenvalue weighted by Gasteiger charge is -2.21. The molecule has 0 bridgehead atoms. The highest BCUT2D eigenvalue weighted by atomic mass is 16.1. The van der Waals surface area contributed by atoms with Crippen molar-refractivity contribution in [2.45, 2.75) is 58.9 Å². The summed E-state index contributed by atoms with van der Waals surface area (Å²) in [4.78, 5) is 14.0. The van der Waals surface area contributed by atoms with Gasteiger partial charge >= 0.3 is 0 Å². The average molecular weight is 211 g/mol. The van der Waals surface area contributed by atoms with Gasteiger partial charge in [0.2, 0.25) is 0 Å². The normalized spacial score (nSPS) is 16.3. The minimum absolute atomic E-state index is 0.424. The summed E-state index contributed by atoms with van der Waals surface area (Å²) < 4.78 is 0. The fourth-order valence-electron chi connectivity index (χ4n) is 1.84. The lowest BCUT2D eigenvalue weighted by Crippen LogP contribution is -2.33. The molecule has 0 aliphatic heterocycles. The van der Waals surface area contributed by atoms with Crippen molar-refractivity contribution in [2.24, 2.45) is 5.92 Å². The van der Waals surface area contributed by atoms with Crippen LogP contribution in [0.15, 0.2) is 0 Å². The first-order valence-electron chi connectivity index (χ1n) is 6.39. The third-order valence-corrected chi connectivity index (χ3v) is 2.97. The molecule has 2 nitrogen and oxygen atoms in total. The van der Waals surface area contributed by atoms with Gasteiger partial charge in [0.25, 0.3) is 0 Å². The van der Waals surface area contributed by atoms with Crippen LogP contribution in [0.25, 0.3) is 0 Å². The Labute approximate surface area is 94.0 Å². The zero-order valence-corrected chi connectivity index (χ0v) is 10.5. The van der Waals surface area contributed by atoms with Crippen LogP contribution < -0.4 is 0 Å². The van der Waals surface area contributed by atoms with Gasteiger partial charge in [-0.3, -0.25) is 9.69 Å². The van der Waals surface area contributed by atoms with Crippen LogP contribution in [0, 0.1) is 5.92 Å². The van der Waals surface area contributed by atoms with Crippen LogP contribution in [0.4, 0.5) is 0 Å². The van der Waals surface area contributed by atoms with Crippen LogP contribution in [0.5, 0.6) is 0 Å². The van der Waals surface area contributed by atoms with E-state index in [1.54, 1.807) is 0 Å². The summed E-state index contributed by atoms with van der Waals surface area (Å²) in [5, 5.41) is 0. The van der Waals surface area contributed by atoms with E-state index in [2.05, 4.69) is 25.7 Å². The second-order valence-corrected chi connectivity index (χ2v) is 5.17. The third-order valence-electron chi connectivity index (χ3n) is 2.97. The molecule has 2 heteroatoms. The maximum atomic E-state index is 11.6. The number of ketones is 1. The quantitative estimate of drug-likeness (QED) is 0.615. The topological polar surface area (TPSA) is 20.3 Å². The molecule has 0 aromatic heterocycles. The molecule has 1 fully saturated rings. The van der Waals surface area contributed by atoms with Gasteiger partial charge in [-0.15, -0.1) is 0 Å². The SMILES string of the molecule is CCCC(=O)CN(CCC(C)C)C1CC1. The first-order valence-corrected chi connectivity index (χ1v) is 6.39. The molecule has 1 rings (SSSR count). The van der Waals surface area contributed by atoms with Gasteiger partial charge in [-0.05, 0) is 38.1 Å². The monoisotopic (exact) mass is 211 g/mol. The molecular formula is C13H25NO. The Kier molecular flexibility index (Phi) is 5.30. The highest BCUT2D eigenvalue weighted by molar-refractivity contribution is 5.80. The summed E-state index contributed by atoms with van der Waals surface area (Å²) >= 11 is 0. The fourth-order valence-corrected chi connectivity index (χ4v) is 1.84. The van der Waals surface area contributed by atoms with Crippen LogP contribution in [-0.2, 0) is 4.79 Å². The van der Waals surface area contributed by atoms with Crippen molar-refractivity contribution in [2.75, 3.05) is 13.1 Å².